The number of benzene rings is 1. The van der Waals surface area contributed by atoms with Crippen LogP contribution >= 0.6 is 0 Å². The van der Waals surface area contributed by atoms with E-state index in [0.29, 0.717) is 24.6 Å². The average molecular weight is 259 g/mol. The van der Waals surface area contributed by atoms with E-state index in [1.165, 1.54) is 0 Å². The van der Waals surface area contributed by atoms with Gasteiger partial charge in [0.2, 0.25) is 0 Å². The van der Waals surface area contributed by atoms with Crippen LogP contribution < -0.4 is 0 Å². The van der Waals surface area contributed by atoms with Crippen LogP contribution in [0.4, 0.5) is 0 Å². The Bertz CT molecular complexity index is 582. The van der Waals surface area contributed by atoms with Gasteiger partial charge in [0.15, 0.2) is 0 Å². The maximum atomic E-state index is 12.5. The van der Waals surface area contributed by atoms with Crippen LogP contribution in [0.1, 0.15) is 23.2 Å². The number of carbonyl (C=O) groups is 1. The molecule has 1 fully saturated rings. The van der Waals surface area contributed by atoms with Gasteiger partial charge in [-0.3, -0.25) is 4.79 Å². The number of fused-ring (bicyclic) bond motifs is 1. The van der Waals surface area contributed by atoms with E-state index in [1.807, 2.05) is 29.2 Å². The number of likely N-dealkylation sites (tertiary alicyclic amines) is 1. The van der Waals surface area contributed by atoms with Crippen molar-refractivity contribution in [3.63, 3.8) is 0 Å². The van der Waals surface area contributed by atoms with Gasteiger partial charge in [0.05, 0.1) is 5.56 Å². The van der Waals surface area contributed by atoms with Gasteiger partial charge in [-0.2, -0.15) is 0 Å². The van der Waals surface area contributed by atoms with E-state index >= 15 is 0 Å². The van der Waals surface area contributed by atoms with Crippen molar-refractivity contribution < 1.29 is 14.3 Å². The topological polar surface area (TPSA) is 53.7 Å². The number of nitrogens with zero attached hydrogens (tertiary/aromatic N) is 1. The van der Waals surface area contributed by atoms with Gasteiger partial charge in [-0.1, -0.05) is 18.2 Å². The monoisotopic (exact) mass is 259 g/mol. The maximum Gasteiger partial charge on any atom is 0.257 e. The lowest BCUT2D eigenvalue weighted by Crippen LogP contribution is -2.39. The number of amides is 1. The van der Waals surface area contributed by atoms with Gasteiger partial charge >= 0.3 is 0 Å². The lowest BCUT2D eigenvalue weighted by Gasteiger charge is -2.30. The number of para-hydroxylation sites is 1. The summed E-state index contributed by atoms with van der Waals surface area (Å²) in [6.45, 7) is 1.64. The molecule has 0 radical (unpaired) electrons. The van der Waals surface area contributed by atoms with E-state index in [-0.39, 0.29) is 12.5 Å². The third kappa shape index (κ3) is 2.24. The number of hydrogen-bond acceptors (Lipinski definition) is 3. The van der Waals surface area contributed by atoms with Gasteiger partial charge in [0.1, 0.15) is 11.8 Å². The zero-order valence-corrected chi connectivity index (χ0v) is 10.7. The van der Waals surface area contributed by atoms with Crippen molar-refractivity contribution in [2.75, 3.05) is 19.7 Å². The minimum Gasteiger partial charge on any atom is -0.463 e. The van der Waals surface area contributed by atoms with Crippen LogP contribution in [-0.4, -0.2) is 35.6 Å². The Morgan fingerprint density at radius 1 is 1.32 bits per heavy atom. The molecular weight excluding hydrogens is 242 g/mol. The molecule has 1 aromatic carbocycles. The van der Waals surface area contributed by atoms with Crippen molar-refractivity contribution in [3.8, 4) is 0 Å². The molecule has 1 aliphatic rings. The minimum absolute atomic E-state index is 0.0290. The number of furan rings is 1. The fourth-order valence-corrected chi connectivity index (χ4v) is 2.63. The van der Waals surface area contributed by atoms with Crippen molar-refractivity contribution in [2.24, 2.45) is 5.92 Å². The molecule has 0 bridgehead atoms. The first kappa shape index (κ1) is 12.2. The van der Waals surface area contributed by atoms with Crippen LogP contribution in [-0.2, 0) is 0 Å². The van der Waals surface area contributed by atoms with Gasteiger partial charge < -0.3 is 14.4 Å². The Kier molecular flexibility index (Phi) is 3.25. The highest BCUT2D eigenvalue weighted by Crippen LogP contribution is 2.24. The summed E-state index contributed by atoms with van der Waals surface area (Å²) in [5.74, 6) is 0.367. The van der Waals surface area contributed by atoms with Gasteiger partial charge in [-0.05, 0) is 24.8 Å². The number of aliphatic hydroxyl groups is 1. The molecule has 2 heterocycles. The fourth-order valence-electron chi connectivity index (χ4n) is 2.63. The minimum atomic E-state index is 0.0290. The van der Waals surface area contributed by atoms with Crippen molar-refractivity contribution in [3.05, 3.63) is 36.1 Å². The SMILES string of the molecule is O=C(c1coc2ccccc12)N1CCC(CO)CC1. The summed E-state index contributed by atoms with van der Waals surface area (Å²) in [6.07, 6.45) is 3.29. The van der Waals surface area contributed by atoms with Gasteiger partial charge in [-0.15, -0.1) is 0 Å². The highest BCUT2D eigenvalue weighted by molar-refractivity contribution is 6.05. The smallest absolute Gasteiger partial charge is 0.257 e. The first-order chi connectivity index (χ1) is 9.29. The van der Waals surface area contributed by atoms with Crippen molar-refractivity contribution in [1.29, 1.82) is 0 Å². The molecule has 1 aromatic heterocycles. The van der Waals surface area contributed by atoms with Gasteiger partial charge in [0, 0.05) is 25.1 Å². The first-order valence-electron chi connectivity index (χ1n) is 6.66. The van der Waals surface area contributed by atoms with Crippen LogP contribution in [0.5, 0.6) is 0 Å². The molecule has 1 N–H and O–H groups in total. The van der Waals surface area contributed by atoms with E-state index in [9.17, 15) is 4.79 Å². The van der Waals surface area contributed by atoms with Crippen LogP contribution in [0.25, 0.3) is 11.0 Å². The van der Waals surface area contributed by atoms with Gasteiger partial charge in [-0.25, -0.2) is 0 Å². The molecule has 2 aromatic rings. The highest BCUT2D eigenvalue weighted by atomic mass is 16.3. The standard InChI is InChI=1S/C15H17NO3/c17-9-11-5-7-16(8-6-11)15(18)13-10-19-14-4-2-1-3-12(13)14/h1-4,10-11,17H,5-9H2. The normalized spacial score (nSPS) is 17.0. The van der Waals surface area contributed by atoms with E-state index in [4.69, 9.17) is 9.52 Å². The maximum absolute atomic E-state index is 12.5. The lowest BCUT2D eigenvalue weighted by molar-refractivity contribution is 0.0652. The molecule has 1 saturated heterocycles. The second-order valence-electron chi connectivity index (χ2n) is 5.06. The molecule has 3 rings (SSSR count). The number of piperidine rings is 1. The molecule has 100 valence electrons. The number of aliphatic hydroxyl groups excluding tert-OH is 1. The lowest BCUT2D eigenvalue weighted by atomic mass is 9.97. The van der Waals surface area contributed by atoms with Crippen molar-refractivity contribution >= 4 is 16.9 Å². The van der Waals surface area contributed by atoms with Crippen LogP contribution in [0.2, 0.25) is 0 Å². The second-order valence-corrected chi connectivity index (χ2v) is 5.06. The fraction of sp³-hybridized carbons (Fsp3) is 0.400. The number of carbonyl (C=O) groups excluding carboxylic acids is 1. The average Bonchev–Trinajstić information content (AvgIpc) is 2.90. The van der Waals surface area contributed by atoms with Gasteiger partial charge in [0.25, 0.3) is 5.91 Å². The summed E-state index contributed by atoms with van der Waals surface area (Å²) < 4.78 is 5.42. The Morgan fingerprint density at radius 2 is 2.05 bits per heavy atom. The summed E-state index contributed by atoms with van der Waals surface area (Å²) in [6, 6.07) is 7.58. The zero-order valence-electron chi connectivity index (χ0n) is 10.7. The van der Waals surface area contributed by atoms with E-state index < -0.39 is 0 Å². The Morgan fingerprint density at radius 3 is 2.79 bits per heavy atom. The van der Waals surface area contributed by atoms with Crippen LogP contribution in [0.15, 0.2) is 34.9 Å². The molecule has 0 saturated carbocycles. The third-order valence-electron chi connectivity index (χ3n) is 3.87. The summed E-state index contributed by atoms with van der Waals surface area (Å²) in [5.41, 5.74) is 1.38. The Balaban J connectivity index is 1.81. The molecule has 1 amide bonds. The summed E-state index contributed by atoms with van der Waals surface area (Å²) >= 11 is 0. The molecule has 0 unspecified atom stereocenters. The highest BCUT2D eigenvalue weighted by Gasteiger charge is 2.25. The van der Waals surface area contributed by atoms with Crippen LogP contribution in [0, 0.1) is 5.92 Å². The summed E-state index contributed by atoms with van der Waals surface area (Å²) in [7, 11) is 0. The second kappa shape index (κ2) is 5.05. The summed E-state index contributed by atoms with van der Waals surface area (Å²) in [4.78, 5) is 14.3. The summed E-state index contributed by atoms with van der Waals surface area (Å²) in [5, 5.41) is 9.99. The van der Waals surface area contributed by atoms with Crippen molar-refractivity contribution in [1.82, 2.24) is 4.90 Å². The van der Waals surface area contributed by atoms with E-state index in [1.54, 1.807) is 6.26 Å². The molecule has 1 aliphatic heterocycles. The third-order valence-corrected chi connectivity index (χ3v) is 3.87. The largest absolute Gasteiger partial charge is 0.463 e. The van der Waals surface area contributed by atoms with Crippen LogP contribution in [0.3, 0.4) is 0 Å². The Labute approximate surface area is 111 Å². The molecule has 0 aliphatic carbocycles. The molecule has 0 spiro atoms. The molecule has 19 heavy (non-hydrogen) atoms. The predicted molar refractivity (Wildman–Crippen MR) is 71.9 cm³/mol. The quantitative estimate of drug-likeness (QED) is 0.900. The molecule has 4 heteroatoms. The predicted octanol–water partition coefficient (Wildman–Crippen LogP) is 2.28. The van der Waals surface area contributed by atoms with E-state index in [0.717, 1.165) is 23.8 Å². The van der Waals surface area contributed by atoms with Crippen molar-refractivity contribution in [2.45, 2.75) is 12.8 Å². The molecule has 0 atom stereocenters. The molecular formula is C15H17NO3. The number of rotatable bonds is 2. The number of hydrogen-bond donors (Lipinski definition) is 1. The van der Waals surface area contributed by atoms with E-state index in [2.05, 4.69) is 0 Å². The first-order valence-corrected chi connectivity index (χ1v) is 6.66. The zero-order chi connectivity index (χ0) is 13.2. The Hall–Kier alpha value is -1.81. The molecule has 4 nitrogen and oxygen atoms in total.